The number of rotatable bonds is 2. The summed E-state index contributed by atoms with van der Waals surface area (Å²) in [6.07, 6.45) is 4.94. The van der Waals surface area contributed by atoms with Crippen LogP contribution in [0.15, 0.2) is 61.1 Å². The lowest BCUT2D eigenvalue weighted by Crippen LogP contribution is -2.16. The Kier molecular flexibility index (Phi) is 5.86. The van der Waals surface area contributed by atoms with Crippen molar-refractivity contribution < 1.29 is 13.9 Å². The number of nitrogen functional groups attached to an aromatic ring is 1. The van der Waals surface area contributed by atoms with Gasteiger partial charge in [-0.05, 0) is 42.3 Å². The zero-order chi connectivity index (χ0) is 22.0. The van der Waals surface area contributed by atoms with E-state index in [1.807, 2.05) is 47.2 Å². The van der Waals surface area contributed by atoms with E-state index in [9.17, 15) is 4.79 Å². The molecule has 3 heterocycles. The maximum atomic E-state index is 15.2. The lowest BCUT2D eigenvalue weighted by atomic mass is 9.88. The first kappa shape index (κ1) is 20.8. The van der Waals surface area contributed by atoms with Crippen molar-refractivity contribution in [2.45, 2.75) is 12.3 Å². The van der Waals surface area contributed by atoms with E-state index >= 15 is 4.39 Å². The van der Waals surface area contributed by atoms with Crippen LogP contribution in [0.4, 0.5) is 10.2 Å². The number of anilines is 1. The molecule has 2 N–H and O–H groups in total. The Bertz CT molecular complexity index is 1240. The summed E-state index contributed by atoms with van der Waals surface area (Å²) >= 11 is 4.64. The Labute approximate surface area is 183 Å². The molecular weight excluding hydrogens is 419 g/mol. The van der Waals surface area contributed by atoms with Crippen molar-refractivity contribution in [3.8, 4) is 11.6 Å². The minimum absolute atomic E-state index is 0.0450. The van der Waals surface area contributed by atoms with Crippen LogP contribution in [0.3, 0.4) is 0 Å². The number of hydrogen-bond acceptors (Lipinski definition) is 5. The van der Waals surface area contributed by atoms with Crippen molar-refractivity contribution in [2.75, 3.05) is 18.7 Å². The number of halogens is 2. The van der Waals surface area contributed by atoms with E-state index in [0.717, 1.165) is 16.6 Å². The lowest BCUT2D eigenvalue weighted by molar-refractivity contribution is 0.0957. The summed E-state index contributed by atoms with van der Waals surface area (Å²) in [5.41, 5.74) is 8.01. The number of alkyl halides is 1. The first-order valence-corrected chi connectivity index (χ1v) is 10.4. The van der Waals surface area contributed by atoms with Crippen LogP contribution in [0.1, 0.15) is 28.3 Å². The van der Waals surface area contributed by atoms with Gasteiger partial charge in [-0.3, -0.25) is 4.79 Å². The van der Waals surface area contributed by atoms with Crippen LogP contribution < -0.4 is 10.5 Å². The molecule has 1 atom stereocenters. The van der Waals surface area contributed by atoms with E-state index in [0.29, 0.717) is 12.0 Å². The van der Waals surface area contributed by atoms with Crippen molar-refractivity contribution in [2.24, 2.45) is 0 Å². The summed E-state index contributed by atoms with van der Waals surface area (Å²) < 4.78 is 22.7. The number of Topliss-reactive ketones (excluding diaryl/α,β-unsaturated/α-hetero) is 1. The maximum Gasteiger partial charge on any atom is 0.229 e. The number of carbonyl (C=O) groups is 1. The topological polar surface area (TPSA) is 83.0 Å². The number of aromatic nitrogens is 3. The van der Waals surface area contributed by atoms with Gasteiger partial charge in [-0.2, -0.15) is 0 Å². The van der Waals surface area contributed by atoms with Gasteiger partial charge in [-0.15, -0.1) is 11.6 Å². The molecule has 1 aliphatic heterocycles. The van der Waals surface area contributed by atoms with Crippen molar-refractivity contribution in [1.29, 1.82) is 0 Å². The number of nitrogens with two attached hydrogens (primary N) is 1. The highest BCUT2D eigenvalue weighted by atomic mass is 35.5. The molecule has 0 aliphatic carbocycles. The average molecular weight is 439 g/mol. The third kappa shape index (κ3) is 3.72. The van der Waals surface area contributed by atoms with Crippen molar-refractivity contribution in [1.82, 2.24) is 14.5 Å². The number of benzene rings is 2. The van der Waals surface area contributed by atoms with Crippen molar-refractivity contribution >= 4 is 34.1 Å². The summed E-state index contributed by atoms with van der Waals surface area (Å²) in [5.74, 6) is -1.28. The normalized spacial score (nSPS) is 15.5. The van der Waals surface area contributed by atoms with Crippen LogP contribution in [0, 0.1) is 5.82 Å². The molecule has 4 aromatic rings. The molecule has 0 fully saturated rings. The number of ketones is 1. The second kappa shape index (κ2) is 8.73. The standard InChI is InChI=1S/C22H17FN4O2.CH3Cl/c23-17-11-18-13(6-8-27(18)14-4-2-1-3-5-14)10-16(17)15-7-9-29-22-19(20(15)28)21(24)25-12-26-22;1-2/h1-6,8,10-12,15H,7,9H2,(H2,24,25,26);1H3. The second-order valence-electron chi connectivity index (χ2n) is 6.95. The van der Waals surface area contributed by atoms with Crippen LogP contribution in [-0.4, -0.2) is 33.3 Å². The van der Waals surface area contributed by atoms with Gasteiger partial charge in [0.25, 0.3) is 0 Å². The second-order valence-corrected chi connectivity index (χ2v) is 6.95. The smallest absolute Gasteiger partial charge is 0.229 e. The monoisotopic (exact) mass is 438 g/mol. The van der Waals surface area contributed by atoms with Crippen LogP contribution in [0.25, 0.3) is 16.6 Å². The predicted octanol–water partition coefficient (Wildman–Crippen LogP) is 4.75. The van der Waals surface area contributed by atoms with Gasteiger partial charge in [0.05, 0.1) is 18.0 Å². The molecule has 0 saturated carbocycles. The molecule has 2 aromatic carbocycles. The van der Waals surface area contributed by atoms with Crippen LogP contribution in [-0.2, 0) is 0 Å². The summed E-state index contributed by atoms with van der Waals surface area (Å²) in [5, 5.41) is 0.848. The minimum Gasteiger partial charge on any atom is -0.477 e. The fourth-order valence-corrected chi connectivity index (χ4v) is 3.85. The van der Waals surface area contributed by atoms with Gasteiger partial charge in [-0.1, -0.05) is 18.2 Å². The first-order valence-electron chi connectivity index (χ1n) is 9.64. The van der Waals surface area contributed by atoms with Gasteiger partial charge < -0.3 is 15.0 Å². The van der Waals surface area contributed by atoms with E-state index in [-0.39, 0.29) is 29.7 Å². The molecule has 5 rings (SSSR count). The van der Waals surface area contributed by atoms with Crippen LogP contribution >= 0.6 is 11.6 Å². The molecule has 0 amide bonds. The molecule has 0 radical (unpaired) electrons. The van der Waals surface area contributed by atoms with E-state index in [4.69, 9.17) is 10.5 Å². The average Bonchev–Trinajstić information content (AvgIpc) is 3.12. The lowest BCUT2D eigenvalue weighted by Gasteiger charge is -2.15. The highest BCUT2D eigenvalue weighted by Gasteiger charge is 2.33. The SMILES string of the molecule is CCl.Nc1ncnc2c1C(=O)C(c1cc3ccn(-c4ccccc4)c3cc1F)CCO2. The molecule has 0 saturated heterocycles. The Balaban J connectivity index is 0.00000112. The summed E-state index contributed by atoms with van der Waals surface area (Å²) in [6.45, 7) is 0.238. The summed E-state index contributed by atoms with van der Waals surface area (Å²) in [4.78, 5) is 21.0. The molecule has 0 bridgehead atoms. The number of hydrogen-bond donors (Lipinski definition) is 1. The first-order chi connectivity index (χ1) is 15.1. The third-order valence-corrected chi connectivity index (χ3v) is 5.27. The fourth-order valence-electron chi connectivity index (χ4n) is 3.85. The Morgan fingerprint density at radius 1 is 1.16 bits per heavy atom. The number of fused-ring (bicyclic) bond motifs is 2. The number of carbonyl (C=O) groups excluding carboxylic acids is 1. The number of nitrogens with zero attached hydrogens (tertiary/aromatic N) is 3. The van der Waals surface area contributed by atoms with Gasteiger partial charge in [0.1, 0.15) is 23.5 Å². The highest BCUT2D eigenvalue weighted by molar-refractivity contribution is 6.15. The maximum absolute atomic E-state index is 15.2. The fraction of sp³-hybridized carbons (Fsp3) is 0.174. The van der Waals surface area contributed by atoms with Gasteiger partial charge in [0.2, 0.25) is 5.88 Å². The van der Waals surface area contributed by atoms with Gasteiger partial charge in [0.15, 0.2) is 5.78 Å². The van der Waals surface area contributed by atoms with Gasteiger partial charge in [0, 0.05) is 23.7 Å². The zero-order valence-corrected chi connectivity index (χ0v) is 17.5. The van der Waals surface area contributed by atoms with E-state index in [1.165, 1.54) is 18.8 Å². The molecule has 31 heavy (non-hydrogen) atoms. The molecule has 1 unspecified atom stereocenters. The van der Waals surface area contributed by atoms with Crippen molar-refractivity contribution in [3.63, 3.8) is 0 Å². The molecular formula is C23H20ClFN4O2. The van der Waals surface area contributed by atoms with E-state index in [1.54, 1.807) is 6.07 Å². The highest BCUT2D eigenvalue weighted by Crippen LogP contribution is 2.36. The Morgan fingerprint density at radius 3 is 2.71 bits per heavy atom. The largest absolute Gasteiger partial charge is 0.477 e. The Hall–Kier alpha value is -3.45. The predicted molar refractivity (Wildman–Crippen MR) is 119 cm³/mol. The van der Waals surface area contributed by atoms with Gasteiger partial charge in [-0.25, -0.2) is 14.4 Å². The minimum atomic E-state index is -0.714. The van der Waals surface area contributed by atoms with Gasteiger partial charge >= 0.3 is 0 Å². The van der Waals surface area contributed by atoms with Crippen LogP contribution in [0.5, 0.6) is 5.88 Å². The quantitative estimate of drug-likeness (QED) is 0.457. The number of para-hydroxylation sites is 1. The summed E-state index contributed by atoms with van der Waals surface area (Å²) in [7, 11) is 0. The molecule has 158 valence electrons. The van der Waals surface area contributed by atoms with Crippen LogP contribution in [0.2, 0.25) is 0 Å². The summed E-state index contributed by atoms with van der Waals surface area (Å²) in [6, 6.07) is 14.8. The molecule has 6 nitrogen and oxygen atoms in total. The van der Waals surface area contributed by atoms with E-state index < -0.39 is 11.7 Å². The molecule has 2 aromatic heterocycles. The molecule has 1 aliphatic rings. The molecule has 0 spiro atoms. The third-order valence-electron chi connectivity index (χ3n) is 5.27. The van der Waals surface area contributed by atoms with E-state index in [2.05, 4.69) is 21.6 Å². The zero-order valence-electron chi connectivity index (χ0n) is 16.8. The molecule has 8 heteroatoms. The number of ether oxygens (including phenoxy) is 1. The Morgan fingerprint density at radius 2 is 1.94 bits per heavy atom. The van der Waals surface area contributed by atoms with Crippen molar-refractivity contribution in [3.05, 3.63) is 78.0 Å².